The number of alkyl halides is 1. The minimum Gasteiger partial charge on any atom is -0.309 e. The van der Waals surface area contributed by atoms with Crippen molar-refractivity contribution in [2.75, 3.05) is 5.33 Å². The van der Waals surface area contributed by atoms with E-state index in [1.54, 1.807) is 0 Å². The van der Waals surface area contributed by atoms with Gasteiger partial charge in [-0.25, -0.2) is 0 Å². The maximum atomic E-state index is 3.48. The molecule has 1 nitrogen and oxygen atoms in total. The van der Waals surface area contributed by atoms with Crippen molar-refractivity contribution in [3.63, 3.8) is 0 Å². The summed E-state index contributed by atoms with van der Waals surface area (Å²) in [6, 6.07) is 6.97. The molecule has 1 rings (SSSR count). The van der Waals surface area contributed by atoms with Crippen LogP contribution in [0.2, 0.25) is 0 Å². The number of rotatable bonds is 4. The second-order valence-corrected chi connectivity index (χ2v) is 4.45. The van der Waals surface area contributed by atoms with Crippen LogP contribution in [0, 0.1) is 13.8 Å². The molecule has 0 fully saturated rings. The van der Waals surface area contributed by atoms with E-state index in [9.17, 15) is 0 Å². The van der Waals surface area contributed by atoms with Crippen molar-refractivity contribution in [3.8, 4) is 0 Å². The molecule has 0 saturated carbocycles. The third-order valence-corrected chi connectivity index (χ3v) is 3.47. The van der Waals surface area contributed by atoms with Crippen LogP contribution in [0.25, 0.3) is 0 Å². The van der Waals surface area contributed by atoms with Gasteiger partial charge in [0.05, 0.1) is 0 Å². The molecule has 78 valence electrons. The number of halogens is 1. The van der Waals surface area contributed by atoms with E-state index in [0.29, 0.717) is 6.04 Å². The summed E-state index contributed by atoms with van der Waals surface area (Å²) in [6.07, 6.45) is 0. The Kier molecular flexibility index (Phi) is 4.63. The molecule has 2 heteroatoms. The summed E-state index contributed by atoms with van der Waals surface area (Å²) < 4.78 is 0. The molecule has 1 aromatic carbocycles. The summed E-state index contributed by atoms with van der Waals surface area (Å²) in [5.41, 5.74) is 4.18. The van der Waals surface area contributed by atoms with E-state index in [1.165, 1.54) is 16.7 Å². The van der Waals surface area contributed by atoms with Gasteiger partial charge in [0.15, 0.2) is 0 Å². The summed E-state index contributed by atoms with van der Waals surface area (Å²) in [4.78, 5) is 0. The first-order chi connectivity index (χ1) is 6.65. The van der Waals surface area contributed by atoms with Crippen LogP contribution in [0.3, 0.4) is 0 Å². The molecule has 0 bridgehead atoms. The van der Waals surface area contributed by atoms with Crippen molar-refractivity contribution in [1.29, 1.82) is 0 Å². The molecular weight excluding hydrogens is 238 g/mol. The Hall–Kier alpha value is -0.340. The number of benzene rings is 1. The summed E-state index contributed by atoms with van der Waals surface area (Å²) in [5.74, 6) is 0. The van der Waals surface area contributed by atoms with Gasteiger partial charge in [-0.2, -0.15) is 0 Å². The standard InChI is InChI=1S/C12H18BrN/c1-9-5-4-6-10(2)12(9)8-14-11(3)7-13/h4-6,11,14H,7-8H2,1-3H3. The maximum absolute atomic E-state index is 3.48. The predicted molar refractivity (Wildman–Crippen MR) is 66.0 cm³/mol. The molecule has 0 aliphatic heterocycles. The fourth-order valence-electron chi connectivity index (χ4n) is 1.46. The first-order valence-electron chi connectivity index (χ1n) is 4.99. The first kappa shape index (κ1) is 11.7. The van der Waals surface area contributed by atoms with E-state index in [2.05, 4.69) is 60.2 Å². The summed E-state index contributed by atoms with van der Waals surface area (Å²) >= 11 is 3.46. The lowest BCUT2D eigenvalue weighted by atomic mass is 10.0. The molecule has 0 aliphatic carbocycles. The zero-order valence-corrected chi connectivity index (χ0v) is 10.7. The van der Waals surface area contributed by atoms with Gasteiger partial charge in [0.1, 0.15) is 0 Å². The largest absolute Gasteiger partial charge is 0.309 e. The van der Waals surface area contributed by atoms with Crippen LogP contribution in [0.4, 0.5) is 0 Å². The number of hydrogen-bond acceptors (Lipinski definition) is 1. The maximum Gasteiger partial charge on any atom is 0.0213 e. The average Bonchev–Trinajstić information content (AvgIpc) is 2.16. The molecule has 0 aromatic heterocycles. The van der Waals surface area contributed by atoms with Crippen LogP contribution < -0.4 is 5.32 Å². The number of hydrogen-bond donors (Lipinski definition) is 1. The van der Waals surface area contributed by atoms with Gasteiger partial charge in [-0.15, -0.1) is 0 Å². The van der Waals surface area contributed by atoms with Gasteiger partial charge in [-0.1, -0.05) is 34.1 Å². The molecule has 1 N–H and O–H groups in total. The van der Waals surface area contributed by atoms with Gasteiger partial charge >= 0.3 is 0 Å². The molecule has 0 amide bonds. The van der Waals surface area contributed by atoms with Gasteiger partial charge < -0.3 is 5.32 Å². The summed E-state index contributed by atoms with van der Waals surface area (Å²) in [6.45, 7) is 7.49. The second-order valence-electron chi connectivity index (χ2n) is 3.81. The highest BCUT2D eigenvalue weighted by atomic mass is 79.9. The Balaban J connectivity index is 2.66. The van der Waals surface area contributed by atoms with Gasteiger partial charge in [0.25, 0.3) is 0 Å². The molecule has 14 heavy (non-hydrogen) atoms. The zero-order chi connectivity index (χ0) is 10.6. The Labute approximate surface area is 95.0 Å². The predicted octanol–water partition coefficient (Wildman–Crippen LogP) is 3.18. The summed E-state index contributed by atoms with van der Waals surface area (Å²) in [5, 5.41) is 4.48. The van der Waals surface area contributed by atoms with E-state index in [4.69, 9.17) is 0 Å². The third-order valence-electron chi connectivity index (χ3n) is 2.50. The quantitative estimate of drug-likeness (QED) is 0.816. The fraction of sp³-hybridized carbons (Fsp3) is 0.500. The van der Waals surface area contributed by atoms with Crippen molar-refractivity contribution < 1.29 is 0 Å². The zero-order valence-electron chi connectivity index (χ0n) is 9.10. The average molecular weight is 256 g/mol. The van der Waals surface area contributed by atoms with E-state index in [-0.39, 0.29) is 0 Å². The van der Waals surface area contributed by atoms with E-state index in [0.717, 1.165) is 11.9 Å². The van der Waals surface area contributed by atoms with Crippen LogP contribution in [0.15, 0.2) is 18.2 Å². The summed E-state index contributed by atoms with van der Waals surface area (Å²) in [7, 11) is 0. The van der Waals surface area contributed by atoms with Crippen LogP contribution in [0.5, 0.6) is 0 Å². The third kappa shape index (κ3) is 3.10. The van der Waals surface area contributed by atoms with Crippen LogP contribution in [-0.2, 0) is 6.54 Å². The Morgan fingerprint density at radius 3 is 2.36 bits per heavy atom. The van der Waals surface area contributed by atoms with Crippen molar-refractivity contribution in [2.45, 2.75) is 33.4 Å². The molecule has 0 radical (unpaired) electrons. The Morgan fingerprint density at radius 2 is 1.86 bits per heavy atom. The molecular formula is C12H18BrN. The molecule has 1 atom stereocenters. The van der Waals surface area contributed by atoms with Crippen molar-refractivity contribution in [2.24, 2.45) is 0 Å². The second kappa shape index (κ2) is 5.52. The van der Waals surface area contributed by atoms with E-state index >= 15 is 0 Å². The molecule has 1 aromatic rings. The SMILES string of the molecule is Cc1cccc(C)c1CNC(C)CBr. The van der Waals surface area contributed by atoms with Gasteiger partial charge in [0, 0.05) is 17.9 Å². The van der Waals surface area contributed by atoms with Crippen LogP contribution >= 0.6 is 15.9 Å². The smallest absolute Gasteiger partial charge is 0.0213 e. The number of nitrogens with one attached hydrogen (secondary N) is 1. The van der Waals surface area contributed by atoms with Crippen molar-refractivity contribution in [1.82, 2.24) is 5.32 Å². The fourth-order valence-corrected chi connectivity index (χ4v) is 1.69. The highest BCUT2D eigenvalue weighted by Crippen LogP contribution is 2.12. The van der Waals surface area contributed by atoms with Crippen molar-refractivity contribution in [3.05, 3.63) is 34.9 Å². The van der Waals surface area contributed by atoms with E-state index < -0.39 is 0 Å². The van der Waals surface area contributed by atoms with Crippen LogP contribution in [0.1, 0.15) is 23.6 Å². The van der Waals surface area contributed by atoms with Gasteiger partial charge in [0.2, 0.25) is 0 Å². The lowest BCUT2D eigenvalue weighted by molar-refractivity contribution is 0.595. The minimum atomic E-state index is 0.522. The van der Waals surface area contributed by atoms with E-state index in [1.807, 2.05) is 0 Å². The van der Waals surface area contributed by atoms with Crippen LogP contribution in [-0.4, -0.2) is 11.4 Å². The highest BCUT2D eigenvalue weighted by Gasteiger charge is 2.03. The first-order valence-corrected chi connectivity index (χ1v) is 6.11. The Morgan fingerprint density at radius 1 is 1.29 bits per heavy atom. The Bertz CT molecular complexity index is 276. The lowest BCUT2D eigenvalue weighted by Crippen LogP contribution is -2.27. The molecule has 0 spiro atoms. The monoisotopic (exact) mass is 255 g/mol. The topological polar surface area (TPSA) is 12.0 Å². The number of aryl methyl sites for hydroxylation is 2. The normalized spacial score (nSPS) is 12.9. The van der Waals surface area contributed by atoms with Crippen molar-refractivity contribution >= 4 is 15.9 Å². The minimum absolute atomic E-state index is 0.522. The van der Waals surface area contributed by atoms with Gasteiger partial charge in [-0.05, 0) is 37.5 Å². The molecule has 0 aliphatic rings. The highest BCUT2D eigenvalue weighted by molar-refractivity contribution is 9.09. The van der Waals surface area contributed by atoms with Gasteiger partial charge in [-0.3, -0.25) is 0 Å². The molecule has 0 heterocycles. The molecule has 1 unspecified atom stereocenters. The molecule has 0 saturated heterocycles. The lowest BCUT2D eigenvalue weighted by Gasteiger charge is -2.14.